The topological polar surface area (TPSA) is 55.4 Å². The Morgan fingerprint density at radius 1 is 1.43 bits per heavy atom. The first-order valence-corrected chi connectivity index (χ1v) is 4.38. The normalized spacial score (nSPS) is 14.1. The van der Waals surface area contributed by atoms with Crippen LogP contribution in [0, 0.1) is 0 Å². The number of amidine groups is 1. The molecule has 1 aliphatic rings. The first-order valence-electron chi connectivity index (χ1n) is 4.38. The number of fused-ring (bicyclic) bond motifs is 1. The molecule has 3 nitrogen and oxygen atoms in total. The molecule has 0 amide bonds. The zero-order chi connectivity index (χ0) is 9.97. The molecule has 2 rings (SSSR count). The van der Waals surface area contributed by atoms with Gasteiger partial charge >= 0.3 is 0 Å². The van der Waals surface area contributed by atoms with Crippen LogP contribution < -0.4 is 5.73 Å². The minimum absolute atomic E-state index is 0.572. The number of nitrogens with two attached hydrogens (primary N) is 1. The van der Waals surface area contributed by atoms with Gasteiger partial charge in [0.2, 0.25) is 0 Å². The maximum Gasteiger partial charge on any atom is 0.150 e. The average Bonchev–Trinajstić information content (AvgIpc) is 2.37. The third kappa shape index (κ3) is 1.57. The second-order valence-corrected chi connectivity index (χ2v) is 3.15. The van der Waals surface area contributed by atoms with Gasteiger partial charge in [-0.05, 0) is 11.6 Å². The minimum atomic E-state index is 0.572. The quantitative estimate of drug-likeness (QED) is 0.681. The number of aldehydes is 1. The summed E-state index contributed by atoms with van der Waals surface area (Å²) >= 11 is 0. The van der Waals surface area contributed by atoms with Crippen molar-refractivity contribution in [3.63, 3.8) is 0 Å². The molecule has 0 fully saturated rings. The van der Waals surface area contributed by atoms with E-state index in [1.54, 1.807) is 12.1 Å². The molecule has 1 aromatic rings. The number of hydrogen-bond acceptors (Lipinski definition) is 3. The Labute approximate surface area is 82.0 Å². The van der Waals surface area contributed by atoms with Gasteiger partial charge < -0.3 is 5.73 Å². The van der Waals surface area contributed by atoms with E-state index in [-0.39, 0.29) is 0 Å². The van der Waals surface area contributed by atoms with Crippen LogP contribution in [0.15, 0.2) is 29.3 Å². The second-order valence-electron chi connectivity index (χ2n) is 3.15. The molecule has 2 N–H and O–H groups in total. The largest absolute Gasteiger partial charge is 0.387 e. The van der Waals surface area contributed by atoms with Crippen molar-refractivity contribution in [2.75, 3.05) is 0 Å². The van der Waals surface area contributed by atoms with Gasteiger partial charge in [0.1, 0.15) is 12.1 Å². The van der Waals surface area contributed by atoms with Crippen LogP contribution in [0.5, 0.6) is 0 Å². The summed E-state index contributed by atoms with van der Waals surface area (Å²) in [5.41, 5.74) is 8.03. The molecule has 0 spiro atoms. The zero-order valence-corrected chi connectivity index (χ0v) is 7.60. The number of carbonyl (C=O) groups excluding carboxylic acids is 1. The molecule has 0 aliphatic carbocycles. The molecule has 1 aliphatic heterocycles. The third-order valence-corrected chi connectivity index (χ3v) is 2.08. The van der Waals surface area contributed by atoms with Crippen LogP contribution in [0.25, 0.3) is 6.08 Å². The van der Waals surface area contributed by atoms with E-state index >= 15 is 0 Å². The highest BCUT2D eigenvalue weighted by atomic mass is 16.1. The van der Waals surface area contributed by atoms with Crippen LogP contribution in [0.2, 0.25) is 0 Å². The van der Waals surface area contributed by atoms with Gasteiger partial charge in [-0.2, -0.15) is 0 Å². The van der Waals surface area contributed by atoms with Gasteiger partial charge in [-0.3, -0.25) is 4.79 Å². The lowest BCUT2D eigenvalue weighted by Crippen LogP contribution is -2.08. The van der Waals surface area contributed by atoms with E-state index in [0.717, 1.165) is 17.5 Å². The Balaban J connectivity index is 2.58. The predicted molar refractivity (Wildman–Crippen MR) is 56.8 cm³/mol. The van der Waals surface area contributed by atoms with E-state index < -0.39 is 0 Å². The minimum Gasteiger partial charge on any atom is -0.387 e. The molecule has 0 aromatic heterocycles. The van der Waals surface area contributed by atoms with E-state index in [1.807, 2.05) is 18.2 Å². The number of aliphatic imine (C=N–C) groups is 1. The Morgan fingerprint density at radius 3 is 3.07 bits per heavy atom. The van der Waals surface area contributed by atoms with Gasteiger partial charge in [-0.15, -0.1) is 0 Å². The standard InChI is InChI=1S/C11H10N2O/c12-11-3-1-2-9-5-4-8(7-14)6-10(9)13-11/h1-2,4-7H,3H2,(H2,12,13). The second kappa shape index (κ2) is 3.46. The Morgan fingerprint density at radius 2 is 2.29 bits per heavy atom. The summed E-state index contributed by atoms with van der Waals surface area (Å²) in [7, 11) is 0. The lowest BCUT2D eigenvalue weighted by atomic mass is 10.1. The summed E-state index contributed by atoms with van der Waals surface area (Å²) in [6.07, 6.45) is 5.39. The van der Waals surface area contributed by atoms with Crippen LogP contribution in [-0.4, -0.2) is 12.1 Å². The first-order chi connectivity index (χ1) is 6.79. The fourth-order valence-electron chi connectivity index (χ4n) is 1.38. The Bertz CT molecular complexity index is 433. The van der Waals surface area contributed by atoms with E-state index in [1.165, 1.54) is 0 Å². The molecule has 3 heteroatoms. The molecule has 0 atom stereocenters. The van der Waals surface area contributed by atoms with Gasteiger partial charge in [0.15, 0.2) is 0 Å². The van der Waals surface area contributed by atoms with E-state index in [4.69, 9.17) is 5.73 Å². The third-order valence-electron chi connectivity index (χ3n) is 2.08. The van der Waals surface area contributed by atoms with Crippen molar-refractivity contribution < 1.29 is 4.79 Å². The monoisotopic (exact) mass is 186 g/mol. The fraction of sp³-hybridized carbons (Fsp3) is 0.0909. The van der Waals surface area contributed by atoms with Crippen LogP contribution in [0.4, 0.5) is 5.69 Å². The summed E-state index contributed by atoms with van der Waals surface area (Å²) in [6, 6.07) is 5.38. The molecule has 14 heavy (non-hydrogen) atoms. The van der Waals surface area contributed by atoms with Crippen molar-refractivity contribution in [2.45, 2.75) is 6.42 Å². The van der Waals surface area contributed by atoms with Crippen LogP contribution in [0.1, 0.15) is 22.3 Å². The highest BCUT2D eigenvalue weighted by molar-refractivity contribution is 5.89. The molecule has 0 saturated heterocycles. The summed E-state index contributed by atoms with van der Waals surface area (Å²) in [4.78, 5) is 14.8. The van der Waals surface area contributed by atoms with Crippen molar-refractivity contribution in [1.82, 2.24) is 0 Å². The molecule has 70 valence electrons. The lowest BCUT2D eigenvalue weighted by Gasteiger charge is -2.00. The van der Waals surface area contributed by atoms with Crippen molar-refractivity contribution in [3.8, 4) is 0 Å². The van der Waals surface area contributed by atoms with E-state index in [9.17, 15) is 4.79 Å². The van der Waals surface area contributed by atoms with Crippen molar-refractivity contribution >= 4 is 23.9 Å². The maximum absolute atomic E-state index is 10.6. The van der Waals surface area contributed by atoms with Gasteiger partial charge in [0.05, 0.1) is 5.69 Å². The van der Waals surface area contributed by atoms with Gasteiger partial charge in [-0.1, -0.05) is 24.3 Å². The molecule has 1 aromatic carbocycles. The molecule has 0 bridgehead atoms. The summed E-state index contributed by atoms with van der Waals surface area (Å²) in [5.74, 6) is 0.572. The molecular weight excluding hydrogens is 176 g/mol. The van der Waals surface area contributed by atoms with E-state index in [0.29, 0.717) is 17.8 Å². The van der Waals surface area contributed by atoms with Gasteiger partial charge in [0.25, 0.3) is 0 Å². The van der Waals surface area contributed by atoms with Crippen molar-refractivity contribution in [2.24, 2.45) is 10.7 Å². The molecule has 0 unspecified atom stereocenters. The highest BCUT2D eigenvalue weighted by Crippen LogP contribution is 2.24. The molecule has 0 radical (unpaired) electrons. The van der Waals surface area contributed by atoms with E-state index in [2.05, 4.69) is 4.99 Å². The average molecular weight is 186 g/mol. The maximum atomic E-state index is 10.6. The van der Waals surface area contributed by atoms with Gasteiger partial charge in [0, 0.05) is 12.0 Å². The number of benzene rings is 1. The number of carbonyl (C=O) groups is 1. The fourth-order valence-corrected chi connectivity index (χ4v) is 1.38. The zero-order valence-electron chi connectivity index (χ0n) is 7.60. The van der Waals surface area contributed by atoms with Crippen LogP contribution in [-0.2, 0) is 0 Å². The lowest BCUT2D eigenvalue weighted by molar-refractivity contribution is 0.112. The van der Waals surface area contributed by atoms with Crippen LogP contribution >= 0.6 is 0 Å². The number of rotatable bonds is 1. The molecular formula is C11H10N2O. The number of nitrogens with zero attached hydrogens (tertiary/aromatic N) is 1. The molecule has 0 saturated carbocycles. The van der Waals surface area contributed by atoms with Crippen molar-refractivity contribution in [3.05, 3.63) is 35.4 Å². The van der Waals surface area contributed by atoms with Crippen molar-refractivity contribution in [1.29, 1.82) is 0 Å². The first kappa shape index (κ1) is 8.69. The Hall–Kier alpha value is -1.90. The SMILES string of the molecule is NC1=Nc2cc(C=O)ccc2C=CC1. The summed E-state index contributed by atoms with van der Waals surface area (Å²) in [5, 5.41) is 0. The molecule has 1 heterocycles. The predicted octanol–water partition coefficient (Wildman–Crippen LogP) is 1.90. The summed E-state index contributed by atoms with van der Waals surface area (Å²) in [6.45, 7) is 0. The van der Waals surface area contributed by atoms with Gasteiger partial charge in [-0.25, -0.2) is 4.99 Å². The van der Waals surface area contributed by atoms with Crippen LogP contribution in [0.3, 0.4) is 0 Å². The number of hydrogen-bond donors (Lipinski definition) is 1. The summed E-state index contributed by atoms with van der Waals surface area (Å²) < 4.78 is 0. The Kier molecular flexibility index (Phi) is 2.14. The smallest absolute Gasteiger partial charge is 0.150 e. The highest BCUT2D eigenvalue weighted by Gasteiger charge is 2.04.